The molecule has 8 heteroatoms. The molecule has 0 saturated heterocycles. The predicted octanol–water partition coefficient (Wildman–Crippen LogP) is 4.66. The number of fused-ring (bicyclic) bond motifs is 3. The number of pyridine rings is 1. The maximum absolute atomic E-state index is 13.7. The lowest BCUT2D eigenvalue weighted by Crippen LogP contribution is -2.25. The number of methoxy groups -OCH3 is 3. The summed E-state index contributed by atoms with van der Waals surface area (Å²) in [5.41, 5.74) is 2.37. The molecular weight excluding hydrogens is 489 g/mol. The summed E-state index contributed by atoms with van der Waals surface area (Å²) < 4.78 is 29.9. The lowest BCUT2D eigenvalue weighted by molar-refractivity contribution is -0.255. The first-order chi connectivity index (χ1) is 18.4. The molecule has 1 aliphatic carbocycles. The van der Waals surface area contributed by atoms with E-state index in [1.165, 1.54) is 51.7 Å². The van der Waals surface area contributed by atoms with Crippen LogP contribution in [0.5, 0.6) is 17.2 Å². The van der Waals surface area contributed by atoms with E-state index >= 15 is 0 Å². The van der Waals surface area contributed by atoms with Crippen LogP contribution in [0.15, 0.2) is 60.7 Å². The third kappa shape index (κ3) is 4.06. The summed E-state index contributed by atoms with van der Waals surface area (Å²) >= 11 is 0. The molecule has 1 heterocycles. The molecule has 0 amide bonds. The zero-order valence-electron chi connectivity index (χ0n) is 20.7. The Labute approximate surface area is 217 Å². The Hall–Kier alpha value is -4.98. The van der Waals surface area contributed by atoms with E-state index in [2.05, 4.69) is 4.98 Å². The summed E-state index contributed by atoms with van der Waals surface area (Å²) in [4.78, 5) is 30.6. The molecule has 4 aromatic rings. The molecule has 0 atom stereocenters. The van der Waals surface area contributed by atoms with Crippen molar-refractivity contribution in [2.24, 2.45) is 0 Å². The number of carboxylic acid groups (broad SMARTS) is 1. The van der Waals surface area contributed by atoms with Crippen molar-refractivity contribution >= 4 is 23.9 Å². The minimum Gasteiger partial charge on any atom is -0.545 e. The highest BCUT2D eigenvalue weighted by Gasteiger charge is 2.33. The van der Waals surface area contributed by atoms with Crippen molar-refractivity contribution in [2.45, 2.75) is 0 Å². The Morgan fingerprint density at radius 3 is 2.08 bits per heavy atom. The van der Waals surface area contributed by atoms with Crippen LogP contribution in [-0.2, 0) is 0 Å². The average Bonchev–Trinajstić information content (AvgIpc) is 3.22. The zero-order chi connectivity index (χ0) is 27.0. The molecule has 0 aliphatic heterocycles. The van der Waals surface area contributed by atoms with Crippen LogP contribution in [-0.4, -0.2) is 38.1 Å². The van der Waals surface area contributed by atoms with E-state index in [4.69, 9.17) is 14.2 Å². The van der Waals surface area contributed by atoms with Crippen LogP contribution >= 0.6 is 0 Å². The van der Waals surface area contributed by atoms with Crippen molar-refractivity contribution in [1.82, 2.24) is 4.98 Å². The normalized spacial score (nSPS) is 11.8. The second kappa shape index (κ2) is 9.82. The highest BCUT2D eigenvalue weighted by atomic mass is 19.1. The lowest BCUT2D eigenvalue weighted by atomic mass is 9.91. The largest absolute Gasteiger partial charge is 0.545 e. The Morgan fingerprint density at radius 2 is 1.50 bits per heavy atom. The van der Waals surface area contributed by atoms with Crippen molar-refractivity contribution in [3.8, 4) is 39.6 Å². The van der Waals surface area contributed by atoms with Crippen LogP contribution in [0, 0.1) is 5.82 Å². The minimum atomic E-state index is -1.52. The number of rotatable bonds is 7. The third-order valence-electron chi connectivity index (χ3n) is 6.34. The van der Waals surface area contributed by atoms with E-state index in [1.807, 2.05) is 0 Å². The van der Waals surface area contributed by atoms with Crippen LogP contribution in [0.1, 0.15) is 37.5 Å². The monoisotopic (exact) mass is 510 g/mol. The Bertz CT molecular complexity index is 1600. The van der Waals surface area contributed by atoms with Gasteiger partial charge < -0.3 is 24.1 Å². The Balaban J connectivity index is 1.77. The molecule has 0 unspecified atom stereocenters. The number of nitrogens with zero attached hydrogens (tertiary/aromatic N) is 1. The van der Waals surface area contributed by atoms with E-state index in [0.717, 1.165) is 0 Å². The topological polar surface area (TPSA) is 97.8 Å². The number of aromatic nitrogens is 1. The summed E-state index contributed by atoms with van der Waals surface area (Å²) in [6.07, 6.45) is 3.16. The van der Waals surface area contributed by atoms with Gasteiger partial charge in [0.1, 0.15) is 5.82 Å². The highest BCUT2D eigenvalue weighted by Crippen LogP contribution is 2.43. The number of carbonyl (C=O) groups excluding carboxylic acids is 2. The Kier molecular flexibility index (Phi) is 6.38. The molecule has 1 aromatic heterocycles. The van der Waals surface area contributed by atoms with Gasteiger partial charge in [0.15, 0.2) is 17.3 Å². The molecule has 0 saturated carbocycles. The Morgan fingerprint density at radius 1 is 0.868 bits per heavy atom. The fourth-order valence-corrected chi connectivity index (χ4v) is 4.65. The summed E-state index contributed by atoms with van der Waals surface area (Å²) in [5, 5.41) is 12.5. The van der Waals surface area contributed by atoms with Crippen molar-refractivity contribution in [3.63, 3.8) is 0 Å². The summed E-state index contributed by atoms with van der Waals surface area (Å²) in [6, 6.07) is 15.6. The first kappa shape index (κ1) is 24.7. The quantitative estimate of drug-likeness (QED) is 0.314. The molecule has 3 aromatic carbocycles. The van der Waals surface area contributed by atoms with Crippen LogP contribution in [0.25, 0.3) is 34.5 Å². The smallest absolute Gasteiger partial charge is 0.203 e. The number of ether oxygens (including phenoxy) is 3. The van der Waals surface area contributed by atoms with Gasteiger partial charge in [0.05, 0.1) is 44.3 Å². The molecule has 0 fully saturated rings. The number of aromatic carboxylic acids is 1. The van der Waals surface area contributed by atoms with Gasteiger partial charge >= 0.3 is 0 Å². The maximum Gasteiger partial charge on any atom is 0.203 e. The van der Waals surface area contributed by atoms with E-state index in [9.17, 15) is 19.1 Å². The number of hydrogen-bond acceptors (Lipinski definition) is 7. The van der Waals surface area contributed by atoms with Gasteiger partial charge in [-0.15, -0.1) is 0 Å². The molecule has 0 spiro atoms. The maximum atomic E-state index is 13.7. The van der Waals surface area contributed by atoms with Gasteiger partial charge in [0.2, 0.25) is 5.75 Å². The number of halogens is 1. The molecule has 1 aliphatic rings. The molecule has 7 nitrogen and oxygen atoms in total. The summed E-state index contributed by atoms with van der Waals surface area (Å²) in [7, 11) is 4.47. The second-order valence-electron chi connectivity index (χ2n) is 8.43. The van der Waals surface area contributed by atoms with Gasteiger partial charge in [-0.1, -0.05) is 42.5 Å². The SMILES string of the molecule is COc1cc(/C=C/c2nc3c(c(-c4ccc(F)cc4)c2C(=O)[O-])C(=O)c2ccccc2-3)cc(OC)c1OC. The van der Waals surface area contributed by atoms with Crippen molar-refractivity contribution in [3.05, 3.63) is 94.4 Å². The van der Waals surface area contributed by atoms with Crippen LogP contribution in [0.2, 0.25) is 0 Å². The number of carboxylic acids is 1. The summed E-state index contributed by atoms with van der Waals surface area (Å²) in [5.74, 6) is -1.13. The van der Waals surface area contributed by atoms with Crippen molar-refractivity contribution < 1.29 is 33.3 Å². The molecule has 38 heavy (non-hydrogen) atoms. The van der Waals surface area contributed by atoms with E-state index < -0.39 is 11.8 Å². The molecular formula is C30H21FNO6-. The molecule has 0 radical (unpaired) electrons. The fourth-order valence-electron chi connectivity index (χ4n) is 4.65. The van der Waals surface area contributed by atoms with E-state index in [1.54, 1.807) is 42.5 Å². The standard InChI is InChI=1S/C30H22FNO6/c1-36-22-14-16(15-23(37-2)29(22)38-3)8-13-21-25(30(34)35)24(17-9-11-18(31)12-10-17)26-27(32-21)19-6-4-5-7-20(19)28(26)33/h4-15H,1-3H3,(H,34,35)/p-1/b13-8+. The minimum absolute atomic E-state index is 0.0707. The number of benzene rings is 3. The number of ketones is 1. The van der Waals surface area contributed by atoms with Gasteiger partial charge in [-0.05, 0) is 41.5 Å². The lowest BCUT2D eigenvalue weighted by Gasteiger charge is -2.18. The summed E-state index contributed by atoms with van der Waals surface area (Å²) in [6.45, 7) is 0. The van der Waals surface area contributed by atoms with Crippen LogP contribution in [0.3, 0.4) is 0 Å². The predicted molar refractivity (Wildman–Crippen MR) is 138 cm³/mol. The van der Waals surface area contributed by atoms with Gasteiger partial charge in [-0.2, -0.15) is 0 Å². The van der Waals surface area contributed by atoms with Crippen molar-refractivity contribution in [2.75, 3.05) is 21.3 Å². The molecule has 0 N–H and O–H groups in total. The molecule has 0 bridgehead atoms. The highest BCUT2D eigenvalue weighted by molar-refractivity contribution is 6.25. The number of carbonyl (C=O) groups is 2. The van der Waals surface area contributed by atoms with E-state index in [-0.39, 0.29) is 28.2 Å². The average molecular weight is 510 g/mol. The third-order valence-corrected chi connectivity index (χ3v) is 6.34. The van der Waals surface area contributed by atoms with Crippen molar-refractivity contribution in [1.29, 1.82) is 0 Å². The van der Waals surface area contributed by atoms with Crippen LogP contribution in [0.4, 0.5) is 4.39 Å². The fraction of sp³-hybridized carbons (Fsp3) is 0.100. The van der Waals surface area contributed by atoms with Gasteiger partial charge in [-0.25, -0.2) is 9.37 Å². The first-order valence-electron chi connectivity index (χ1n) is 11.5. The molecule has 5 rings (SSSR count). The number of hydrogen-bond donors (Lipinski definition) is 0. The molecule has 190 valence electrons. The zero-order valence-corrected chi connectivity index (χ0v) is 20.7. The van der Waals surface area contributed by atoms with E-state index in [0.29, 0.717) is 45.2 Å². The van der Waals surface area contributed by atoms with Gasteiger partial charge in [0, 0.05) is 22.3 Å². The van der Waals surface area contributed by atoms with Gasteiger partial charge in [-0.3, -0.25) is 4.79 Å². The second-order valence-corrected chi connectivity index (χ2v) is 8.43. The van der Waals surface area contributed by atoms with Gasteiger partial charge in [0.25, 0.3) is 0 Å². The van der Waals surface area contributed by atoms with Crippen LogP contribution < -0.4 is 19.3 Å². The first-order valence-corrected chi connectivity index (χ1v) is 11.5.